The molecule has 0 N–H and O–H groups in total. The predicted octanol–water partition coefficient (Wildman–Crippen LogP) is 8.16. The molecule has 0 radical (unpaired) electrons. The third-order valence-electron chi connectivity index (χ3n) is 7.19. The van der Waals surface area contributed by atoms with E-state index in [9.17, 15) is 4.79 Å². The third-order valence-corrected chi connectivity index (χ3v) is 7.19. The number of hydrogen-bond donors (Lipinski definition) is 0. The second-order valence-corrected chi connectivity index (χ2v) is 11.4. The van der Waals surface area contributed by atoms with Crippen LogP contribution in [0.4, 0.5) is 0 Å². The zero-order valence-corrected chi connectivity index (χ0v) is 24.6. The Bertz CT molecular complexity index is 922. The van der Waals surface area contributed by atoms with Crippen LogP contribution in [-0.2, 0) is 11.2 Å². The molecule has 1 fully saturated rings. The molecule has 0 saturated carbocycles. The van der Waals surface area contributed by atoms with Gasteiger partial charge in [-0.25, -0.2) is 0 Å². The summed E-state index contributed by atoms with van der Waals surface area (Å²) in [6.45, 7) is 17.8. The number of benzene rings is 1. The normalized spacial score (nSPS) is 15.9. The lowest BCUT2D eigenvalue weighted by atomic mass is 9.94. The van der Waals surface area contributed by atoms with Gasteiger partial charge >= 0.3 is 0 Å². The molecular weight excluding hydrogens is 452 g/mol. The molecule has 1 aromatic rings. The summed E-state index contributed by atoms with van der Waals surface area (Å²) in [6, 6.07) is 10.7. The van der Waals surface area contributed by atoms with Crippen LogP contribution < -0.4 is 0 Å². The summed E-state index contributed by atoms with van der Waals surface area (Å²) < 4.78 is 0. The summed E-state index contributed by atoms with van der Waals surface area (Å²) in [6.07, 6.45) is 16.4. The van der Waals surface area contributed by atoms with Crippen LogP contribution in [0.1, 0.15) is 85.6 Å². The van der Waals surface area contributed by atoms with E-state index in [-0.39, 0.29) is 5.92 Å². The van der Waals surface area contributed by atoms with E-state index in [0.717, 1.165) is 71.2 Å². The fourth-order valence-corrected chi connectivity index (χ4v) is 4.83. The van der Waals surface area contributed by atoms with Crippen molar-refractivity contribution in [2.75, 3.05) is 32.7 Å². The number of rotatable bonds is 14. The molecule has 1 aliphatic rings. The number of piperazine rings is 1. The van der Waals surface area contributed by atoms with E-state index in [1.165, 1.54) is 27.9 Å². The Labute approximate surface area is 228 Å². The number of carbonyl (C=O) groups is 1. The van der Waals surface area contributed by atoms with Gasteiger partial charge in [0.1, 0.15) is 0 Å². The van der Waals surface area contributed by atoms with Crippen molar-refractivity contribution in [2.45, 2.75) is 86.5 Å². The first kappa shape index (κ1) is 30.8. The molecule has 0 aromatic heterocycles. The molecule has 2 rings (SSSR count). The molecule has 1 amide bonds. The molecule has 0 aliphatic carbocycles. The fraction of sp³-hybridized carbons (Fsp3) is 0.559. The number of amides is 1. The van der Waals surface area contributed by atoms with Crippen LogP contribution in [0.3, 0.4) is 0 Å². The monoisotopic (exact) mass is 504 g/mol. The highest BCUT2D eigenvalue weighted by atomic mass is 16.2. The summed E-state index contributed by atoms with van der Waals surface area (Å²) >= 11 is 0. The van der Waals surface area contributed by atoms with Gasteiger partial charge < -0.3 is 4.90 Å². The average Bonchev–Trinajstić information content (AvgIpc) is 2.86. The van der Waals surface area contributed by atoms with Gasteiger partial charge in [0, 0.05) is 39.1 Å². The van der Waals surface area contributed by atoms with Crippen molar-refractivity contribution in [1.29, 1.82) is 0 Å². The molecule has 0 spiro atoms. The maximum absolute atomic E-state index is 13.3. The molecule has 204 valence electrons. The minimum Gasteiger partial charge on any atom is -0.340 e. The molecule has 3 heteroatoms. The lowest BCUT2D eigenvalue weighted by Gasteiger charge is -2.35. The van der Waals surface area contributed by atoms with E-state index < -0.39 is 0 Å². The zero-order valence-electron chi connectivity index (χ0n) is 24.6. The number of carbonyl (C=O) groups excluding carboxylic acids is 1. The Morgan fingerprint density at radius 3 is 2.00 bits per heavy atom. The van der Waals surface area contributed by atoms with Gasteiger partial charge in [-0.15, -0.1) is 0 Å². The van der Waals surface area contributed by atoms with Crippen molar-refractivity contribution in [3.63, 3.8) is 0 Å². The van der Waals surface area contributed by atoms with E-state index in [4.69, 9.17) is 0 Å². The molecule has 3 nitrogen and oxygen atoms in total. The van der Waals surface area contributed by atoms with Crippen LogP contribution >= 0.6 is 0 Å². The minimum absolute atomic E-state index is 0.272. The maximum Gasteiger partial charge on any atom is 0.223 e. The van der Waals surface area contributed by atoms with Gasteiger partial charge in [0.15, 0.2) is 0 Å². The summed E-state index contributed by atoms with van der Waals surface area (Å²) in [4.78, 5) is 17.9. The van der Waals surface area contributed by atoms with Gasteiger partial charge in [0.05, 0.1) is 0 Å². The van der Waals surface area contributed by atoms with Crippen LogP contribution in [-0.4, -0.2) is 48.4 Å². The first-order chi connectivity index (χ1) is 17.7. The van der Waals surface area contributed by atoms with Crippen molar-refractivity contribution in [2.24, 2.45) is 5.92 Å². The van der Waals surface area contributed by atoms with Crippen molar-refractivity contribution in [1.82, 2.24) is 9.80 Å². The Balaban J connectivity index is 1.91. The minimum atomic E-state index is 0.272. The lowest BCUT2D eigenvalue weighted by Crippen LogP contribution is -2.49. The van der Waals surface area contributed by atoms with E-state index in [2.05, 4.69) is 106 Å². The topological polar surface area (TPSA) is 23.6 Å². The van der Waals surface area contributed by atoms with Crippen molar-refractivity contribution < 1.29 is 4.79 Å². The number of nitrogens with zero attached hydrogens (tertiary/aromatic N) is 2. The van der Waals surface area contributed by atoms with Gasteiger partial charge in [-0.3, -0.25) is 9.69 Å². The molecule has 1 aromatic carbocycles. The SMILES string of the molecule is CC(C)=CCC/C(C)=C/CC(/C=C(\C)CCC=C(C)C)CC(=O)N1CCN(CCc2ccccc2)CC1. The van der Waals surface area contributed by atoms with Gasteiger partial charge in [-0.1, -0.05) is 76.9 Å². The smallest absolute Gasteiger partial charge is 0.223 e. The molecule has 0 bridgehead atoms. The van der Waals surface area contributed by atoms with Crippen molar-refractivity contribution in [3.8, 4) is 0 Å². The molecular formula is C34H52N2O. The number of hydrogen-bond acceptors (Lipinski definition) is 2. The molecule has 1 aliphatic heterocycles. The quantitative estimate of drug-likeness (QED) is 0.239. The fourth-order valence-electron chi connectivity index (χ4n) is 4.83. The molecule has 1 unspecified atom stereocenters. The number of allylic oxidation sites excluding steroid dienone is 8. The Kier molecular flexibility index (Phi) is 14.3. The van der Waals surface area contributed by atoms with Crippen LogP contribution in [0.5, 0.6) is 0 Å². The summed E-state index contributed by atoms with van der Waals surface area (Å²) in [5, 5.41) is 0. The van der Waals surface area contributed by atoms with Crippen LogP contribution in [0.25, 0.3) is 0 Å². The van der Waals surface area contributed by atoms with E-state index >= 15 is 0 Å². The lowest BCUT2D eigenvalue weighted by molar-refractivity contribution is -0.133. The molecule has 1 heterocycles. The van der Waals surface area contributed by atoms with Gasteiger partial charge in [-0.05, 0) is 91.5 Å². The average molecular weight is 505 g/mol. The van der Waals surface area contributed by atoms with Crippen LogP contribution in [0.2, 0.25) is 0 Å². The molecule has 1 atom stereocenters. The highest BCUT2D eigenvalue weighted by molar-refractivity contribution is 5.76. The third kappa shape index (κ3) is 13.6. The zero-order chi connectivity index (χ0) is 27.0. The second kappa shape index (κ2) is 17.2. The van der Waals surface area contributed by atoms with Crippen LogP contribution in [0.15, 0.2) is 76.9 Å². The van der Waals surface area contributed by atoms with Gasteiger partial charge in [0.25, 0.3) is 0 Å². The van der Waals surface area contributed by atoms with Crippen molar-refractivity contribution >= 4 is 5.91 Å². The summed E-state index contributed by atoms with van der Waals surface area (Å²) in [5.41, 5.74) is 6.97. The summed E-state index contributed by atoms with van der Waals surface area (Å²) in [5.74, 6) is 0.588. The first-order valence-corrected chi connectivity index (χ1v) is 14.4. The molecule has 1 saturated heterocycles. The van der Waals surface area contributed by atoms with Gasteiger partial charge in [0.2, 0.25) is 5.91 Å². The maximum atomic E-state index is 13.3. The summed E-state index contributed by atoms with van der Waals surface area (Å²) in [7, 11) is 0. The van der Waals surface area contributed by atoms with E-state index in [0.29, 0.717) is 12.3 Å². The molecule has 37 heavy (non-hydrogen) atoms. The second-order valence-electron chi connectivity index (χ2n) is 11.4. The predicted molar refractivity (Wildman–Crippen MR) is 161 cm³/mol. The Morgan fingerprint density at radius 2 is 1.41 bits per heavy atom. The Hall–Kier alpha value is -2.39. The highest BCUT2D eigenvalue weighted by Crippen LogP contribution is 2.21. The van der Waals surface area contributed by atoms with Gasteiger partial charge in [-0.2, -0.15) is 0 Å². The standard InChI is InChI=1S/C34H52N2O/c1-28(2)12-10-14-30(5)18-19-33(26-31(6)15-11-13-29(3)4)27-34(37)36-24-22-35(23-25-36)21-20-32-16-8-7-9-17-32/h7-9,12-13,16-18,26,33H,10-11,14-15,19-25,27H2,1-6H3/b30-18+,31-26+. The van der Waals surface area contributed by atoms with E-state index in [1.807, 2.05) is 0 Å². The first-order valence-electron chi connectivity index (χ1n) is 14.4. The van der Waals surface area contributed by atoms with Crippen molar-refractivity contribution in [3.05, 3.63) is 82.5 Å². The van der Waals surface area contributed by atoms with Crippen LogP contribution in [0, 0.1) is 5.92 Å². The largest absolute Gasteiger partial charge is 0.340 e. The Morgan fingerprint density at radius 1 is 0.811 bits per heavy atom. The highest BCUT2D eigenvalue weighted by Gasteiger charge is 2.22. The van der Waals surface area contributed by atoms with E-state index in [1.54, 1.807) is 0 Å².